The number of hydrogen-bond donors (Lipinski definition) is 1. The van der Waals surface area contributed by atoms with Crippen molar-refractivity contribution in [3.05, 3.63) is 0 Å². The first-order chi connectivity index (χ1) is 3.18. The molecule has 41 valence electrons. The monoisotopic (exact) mass is 102 g/mol. The zero-order chi connectivity index (χ0) is 5.86. The largest absolute Gasteiger partial charge is 0.328 e. The van der Waals surface area contributed by atoms with Crippen molar-refractivity contribution >= 4 is 5.78 Å². The van der Waals surface area contributed by atoms with Crippen LogP contribution in [0.1, 0.15) is 6.92 Å². The van der Waals surface area contributed by atoms with Gasteiger partial charge in [0, 0.05) is 6.54 Å². The summed E-state index contributed by atoms with van der Waals surface area (Å²) >= 11 is 0. The van der Waals surface area contributed by atoms with Crippen LogP contribution < -0.4 is 5.73 Å². The average Bonchev–Trinajstić information content (AvgIpc) is 1.65. The van der Waals surface area contributed by atoms with Gasteiger partial charge in [0.25, 0.3) is 0 Å². The topological polar surface area (TPSA) is 63.0 Å². The Bertz CT molecular complexity index is 72.1. The molecule has 0 amide bonds. The highest BCUT2D eigenvalue weighted by Crippen LogP contribution is 1.78. The average molecular weight is 102 g/mol. The number of ketones is 1. The molecular weight excluding hydrogens is 94.0 g/mol. The summed E-state index contributed by atoms with van der Waals surface area (Å²) in [6.45, 7) is 1.15. The molecular formula is C4H8NO2. The van der Waals surface area contributed by atoms with Gasteiger partial charge in [-0.3, -0.25) is 4.79 Å². The number of hydrogen-bond acceptors (Lipinski definition) is 2. The van der Waals surface area contributed by atoms with E-state index in [1.165, 1.54) is 6.92 Å². The van der Waals surface area contributed by atoms with Crippen LogP contribution in [0.5, 0.6) is 0 Å². The first-order valence-electron chi connectivity index (χ1n) is 2.04. The molecule has 0 aromatic carbocycles. The SMILES string of the molecule is CC(=O)C([O])CN. The molecule has 1 unspecified atom stereocenters. The maximum absolute atomic E-state index is 10.1. The molecule has 0 bridgehead atoms. The lowest BCUT2D eigenvalue weighted by atomic mass is 10.3. The zero-order valence-corrected chi connectivity index (χ0v) is 4.18. The Morgan fingerprint density at radius 1 is 1.86 bits per heavy atom. The number of rotatable bonds is 2. The van der Waals surface area contributed by atoms with Crippen LogP contribution in [-0.2, 0) is 9.90 Å². The molecule has 0 saturated carbocycles. The molecule has 1 radical (unpaired) electrons. The molecule has 0 heterocycles. The van der Waals surface area contributed by atoms with Crippen molar-refractivity contribution < 1.29 is 9.90 Å². The van der Waals surface area contributed by atoms with Crippen LogP contribution in [0.3, 0.4) is 0 Å². The summed E-state index contributed by atoms with van der Waals surface area (Å²) in [6, 6.07) is 0. The maximum Gasteiger partial charge on any atom is 0.163 e. The highest BCUT2D eigenvalue weighted by molar-refractivity contribution is 5.80. The minimum atomic E-state index is -1.21. The summed E-state index contributed by atoms with van der Waals surface area (Å²) in [4.78, 5) is 9.98. The molecule has 0 aliphatic rings. The fraction of sp³-hybridized carbons (Fsp3) is 0.750. The maximum atomic E-state index is 10.1. The smallest absolute Gasteiger partial charge is 0.163 e. The number of carbonyl (C=O) groups excluding carboxylic acids is 1. The van der Waals surface area contributed by atoms with Gasteiger partial charge in [-0.2, -0.15) is 0 Å². The van der Waals surface area contributed by atoms with Crippen molar-refractivity contribution in [3.8, 4) is 0 Å². The molecule has 2 N–H and O–H groups in total. The molecule has 3 nitrogen and oxygen atoms in total. The van der Waals surface area contributed by atoms with Gasteiger partial charge >= 0.3 is 0 Å². The van der Waals surface area contributed by atoms with E-state index in [0.29, 0.717) is 0 Å². The quantitative estimate of drug-likeness (QED) is 0.502. The minimum Gasteiger partial charge on any atom is -0.328 e. The molecule has 0 fully saturated rings. The molecule has 0 rings (SSSR count). The standard InChI is InChI=1S/C4H8NO2/c1-3(6)4(7)2-5/h4H,2,5H2,1H3. The fourth-order valence-electron chi connectivity index (χ4n) is 0.166. The van der Waals surface area contributed by atoms with Crippen molar-refractivity contribution in [2.45, 2.75) is 13.0 Å². The van der Waals surface area contributed by atoms with Crippen LogP contribution in [0.4, 0.5) is 0 Å². The molecule has 0 aliphatic heterocycles. The Morgan fingerprint density at radius 3 is 2.29 bits per heavy atom. The number of carbonyl (C=O) groups is 1. The normalized spacial score (nSPS) is 13.6. The van der Waals surface area contributed by atoms with E-state index in [4.69, 9.17) is 5.73 Å². The van der Waals surface area contributed by atoms with Crippen molar-refractivity contribution in [1.82, 2.24) is 0 Å². The van der Waals surface area contributed by atoms with Crippen LogP contribution in [-0.4, -0.2) is 18.4 Å². The third kappa shape index (κ3) is 2.31. The predicted molar refractivity (Wildman–Crippen MR) is 24.2 cm³/mol. The highest BCUT2D eigenvalue weighted by atomic mass is 16.3. The predicted octanol–water partition coefficient (Wildman–Crippen LogP) is -0.667. The molecule has 3 heteroatoms. The van der Waals surface area contributed by atoms with Crippen molar-refractivity contribution in [2.75, 3.05) is 6.54 Å². The first kappa shape index (κ1) is 6.59. The van der Waals surface area contributed by atoms with Gasteiger partial charge in [0.2, 0.25) is 0 Å². The fourth-order valence-corrected chi connectivity index (χ4v) is 0.166. The van der Waals surface area contributed by atoms with Crippen LogP contribution in [0.25, 0.3) is 0 Å². The summed E-state index contributed by atoms with van der Waals surface area (Å²) in [5.41, 5.74) is 4.84. The molecule has 0 aromatic rings. The van der Waals surface area contributed by atoms with Gasteiger partial charge in [0.05, 0.1) is 0 Å². The van der Waals surface area contributed by atoms with Crippen LogP contribution in [0, 0.1) is 0 Å². The molecule has 0 saturated heterocycles. The first-order valence-corrected chi connectivity index (χ1v) is 2.04. The summed E-state index contributed by atoms with van der Waals surface area (Å²) < 4.78 is 0. The van der Waals surface area contributed by atoms with Crippen molar-refractivity contribution in [1.29, 1.82) is 0 Å². The number of nitrogens with two attached hydrogens (primary N) is 1. The summed E-state index contributed by atoms with van der Waals surface area (Å²) in [5.74, 6) is -0.387. The van der Waals surface area contributed by atoms with Gasteiger partial charge < -0.3 is 5.73 Å². The molecule has 7 heavy (non-hydrogen) atoms. The summed E-state index contributed by atoms with van der Waals surface area (Å²) in [6.07, 6.45) is -1.21. The second kappa shape index (κ2) is 2.71. The van der Waals surface area contributed by atoms with E-state index in [1.54, 1.807) is 0 Å². The van der Waals surface area contributed by atoms with E-state index in [9.17, 15) is 9.90 Å². The third-order valence-corrected chi connectivity index (χ3v) is 0.667. The van der Waals surface area contributed by atoms with Gasteiger partial charge in [0.1, 0.15) is 0 Å². The van der Waals surface area contributed by atoms with Crippen LogP contribution >= 0.6 is 0 Å². The minimum absolute atomic E-state index is 0.0880. The van der Waals surface area contributed by atoms with E-state index >= 15 is 0 Å². The van der Waals surface area contributed by atoms with Crippen LogP contribution in [0.15, 0.2) is 0 Å². The second-order valence-corrected chi connectivity index (χ2v) is 1.33. The summed E-state index contributed by atoms with van der Waals surface area (Å²) in [5, 5.41) is 10.1. The molecule has 1 atom stereocenters. The van der Waals surface area contributed by atoms with E-state index in [-0.39, 0.29) is 12.3 Å². The van der Waals surface area contributed by atoms with E-state index in [2.05, 4.69) is 0 Å². The number of Topliss-reactive ketones (excluding diaryl/α,β-unsaturated/α-hetero) is 1. The van der Waals surface area contributed by atoms with E-state index in [1.807, 2.05) is 0 Å². The zero-order valence-electron chi connectivity index (χ0n) is 4.18. The van der Waals surface area contributed by atoms with Gasteiger partial charge in [-0.1, -0.05) is 0 Å². The highest BCUT2D eigenvalue weighted by Gasteiger charge is 2.06. The van der Waals surface area contributed by atoms with Gasteiger partial charge in [-0.25, -0.2) is 5.11 Å². The Labute approximate surface area is 42.1 Å². The lowest BCUT2D eigenvalue weighted by molar-refractivity contribution is -0.127. The van der Waals surface area contributed by atoms with Crippen molar-refractivity contribution in [2.24, 2.45) is 5.73 Å². The molecule has 0 aliphatic carbocycles. The van der Waals surface area contributed by atoms with E-state index in [0.717, 1.165) is 0 Å². The molecule has 0 spiro atoms. The van der Waals surface area contributed by atoms with Gasteiger partial charge in [0.15, 0.2) is 11.9 Å². The van der Waals surface area contributed by atoms with Gasteiger partial charge in [-0.05, 0) is 6.92 Å². The summed E-state index contributed by atoms with van der Waals surface area (Å²) in [7, 11) is 0. The second-order valence-electron chi connectivity index (χ2n) is 1.33. The van der Waals surface area contributed by atoms with E-state index < -0.39 is 6.10 Å². The Kier molecular flexibility index (Phi) is 2.55. The Morgan fingerprint density at radius 2 is 2.29 bits per heavy atom. The van der Waals surface area contributed by atoms with Crippen molar-refractivity contribution in [3.63, 3.8) is 0 Å². The lowest BCUT2D eigenvalue weighted by Gasteiger charge is -1.94. The third-order valence-electron chi connectivity index (χ3n) is 0.667. The van der Waals surface area contributed by atoms with Gasteiger partial charge in [-0.15, -0.1) is 0 Å². The lowest BCUT2D eigenvalue weighted by Crippen LogP contribution is -2.25. The Balaban J connectivity index is 3.34. The van der Waals surface area contributed by atoms with Crippen LogP contribution in [0.2, 0.25) is 0 Å². The molecule has 0 aromatic heterocycles. The Hall–Kier alpha value is -0.410.